The average molecular weight is 258 g/mol. The summed E-state index contributed by atoms with van der Waals surface area (Å²) in [6.45, 7) is 0. The zero-order chi connectivity index (χ0) is 13.5. The van der Waals surface area contributed by atoms with E-state index in [9.17, 15) is 4.79 Å². The highest BCUT2D eigenvalue weighted by molar-refractivity contribution is 6.02. The third-order valence-electron chi connectivity index (χ3n) is 4.14. The van der Waals surface area contributed by atoms with Gasteiger partial charge in [0.05, 0.1) is 0 Å². The predicted octanol–water partition coefficient (Wildman–Crippen LogP) is 4.64. The van der Waals surface area contributed by atoms with Crippen LogP contribution in [0.1, 0.15) is 22.3 Å². The van der Waals surface area contributed by atoms with Gasteiger partial charge in [0.2, 0.25) is 0 Å². The Hall–Kier alpha value is -2.41. The van der Waals surface area contributed by atoms with Crippen molar-refractivity contribution in [3.8, 4) is 11.1 Å². The van der Waals surface area contributed by atoms with E-state index in [1.807, 2.05) is 12.1 Å². The number of ketones is 1. The Morgan fingerprint density at radius 3 is 2.40 bits per heavy atom. The third-order valence-corrected chi connectivity index (χ3v) is 4.14. The SMILES string of the molecule is O=C1CCc2c1cccc2-c1ccc2ccccc2c1. The molecule has 0 amide bonds. The molecule has 0 unspecified atom stereocenters. The van der Waals surface area contributed by atoms with E-state index in [-0.39, 0.29) is 5.78 Å². The molecule has 0 heterocycles. The molecule has 0 aromatic heterocycles. The van der Waals surface area contributed by atoms with Gasteiger partial charge >= 0.3 is 0 Å². The van der Waals surface area contributed by atoms with Crippen molar-refractivity contribution in [2.45, 2.75) is 12.8 Å². The van der Waals surface area contributed by atoms with Gasteiger partial charge in [0.25, 0.3) is 0 Å². The molecule has 0 N–H and O–H groups in total. The van der Waals surface area contributed by atoms with E-state index >= 15 is 0 Å². The molecule has 0 atom stereocenters. The van der Waals surface area contributed by atoms with Crippen LogP contribution in [0.4, 0.5) is 0 Å². The fourth-order valence-electron chi connectivity index (χ4n) is 3.12. The molecule has 1 heteroatoms. The van der Waals surface area contributed by atoms with Crippen molar-refractivity contribution in [2.75, 3.05) is 0 Å². The maximum atomic E-state index is 11.9. The van der Waals surface area contributed by atoms with Crippen molar-refractivity contribution in [3.05, 3.63) is 71.8 Å². The first-order valence-electron chi connectivity index (χ1n) is 6.97. The first kappa shape index (κ1) is 11.4. The lowest BCUT2D eigenvalue weighted by atomic mass is 9.95. The van der Waals surface area contributed by atoms with Gasteiger partial charge < -0.3 is 0 Å². The number of carbonyl (C=O) groups is 1. The van der Waals surface area contributed by atoms with Crippen LogP contribution in [-0.4, -0.2) is 5.78 Å². The maximum Gasteiger partial charge on any atom is 0.163 e. The van der Waals surface area contributed by atoms with E-state index in [0.717, 1.165) is 12.0 Å². The Morgan fingerprint density at radius 2 is 1.50 bits per heavy atom. The van der Waals surface area contributed by atoms with Crippen molar-refractivity contribution < 1.29 is 4.79 Å². The second kappa shape index (κ2) is 4.31. The molecular formula is C19H14O. The Kier molecular flexibility index (Phi) is 2.46. The summed E-state index contributed by atoms with van der Waals surface area (Å²) in [6, 6.07) is 21.0. The number of carbonyl (C=O) groups excluding carboxylic acids is 1. The summed E-state index contributed by atoms with van der Waals surface area (Å²) in [5.41, 5.74) is 4.54. The van der Waals surface area contributed by atoms with Crippen LogP contribution in [-0.2, 0) is 6.42 Å². The average Bonchev–Trinajstić information content (AvgIpc) is 2.88. The lowest BCUT2D eigenvalue weighted by molar-refractivity contribution is 0.0994. The smallest absolute Gasteiger partial charge is 0.163 e. The summed E-state index contributed by atoms with van der Waals surface area (Å²) in [7, 11) is 0. The maximum absolute atomic E-state index is 11.9. The van der Waals surface area contributed by atoms with E-state index in [1.165, 1.54) is 27.5 Å². The van der Waals surface area contributed by atoms with Crippen LogP contribution >= 0.6 is 0 Å². The van der Waals surface area contributed by atoms with Gasteiger partial charge in [0.15, 0.2) is 5.78 Å². The summed E-state index contributed by atoms with van der Waals surface area (Å²) >= 11 is 0. The number of rotatable bonds is 1. The largest absolute Gasteiger partial charge is 0.294 e. The highest BCUT2D eigenvalue weighted by atomic mass is 16.1. The molecule has 3 aromatic rings. The fourth-order valence-corrected chi connectivity index (χ4v) is 3.12. The number of Topliss-reactive ketones (excluding diaryl/α,β-unsaturated/α-hetero) is 1. The van der Waals surface area contributed by atoms with Gasteiger partial charge in [0.1, 0.15) is 0 Å². The predicted molar refractivity (Wildman–Crippen MR) is 82.0 cm³/mol. The fraction of sp³-hybridized carbons (Fsp3) is 0.105. The van der Waals surface area contributed by atoms with Crippen molar-refractivity contribution in [1.82, 2.24) is 0 Å². The van der Waals surface area contributed by atoms with Crippen molar-refractivity contribution in [2.24, 2.45) is 0 Å². The van der Waals surface area contributed by atoms with Gasteiger partial charge in [0, 0.05) is 12.0 Å². The minimum atomic E-state index is 0.280. The van der Waals surface area contributed by atoms with Gasteiger partial charge in [-0.2, -0.15) is 0 Å². The Balaban J connectivity index is 1.94. The zero-order valence-corrected chi connectivity index (χ0v) is 11.1. The molecule has 1 aliphatic carbocycles. The topological polar surface area (TPSA) is 17.1 Å². The zero-order valence-electron chi connectivity index (χ0n) is 11.1. The second-order valence-corrected chi connectivity index (χ2v) is 5.32. The van der Waals surface area contributed by atoms with E-state index in [0.29, 0.717) is 6.42 Å². The molecule has 0 bridgehead atoms. The summed E-state index contributed by atoms with van der Waals surface area (Å²) in [4.78, 5) is 11.9. The van der Waals surface area contributed by atoms with E-state index in [4.69, 9.17) is 0 Å². The Morgan fingerprint density at radius 1 is 0.700 bits per heavy atom. The Labute approximate surface area is 117 Å². The first-order valence-corrected chi connectivity index (χ1v) is 6.97. The molecule has 1 aliphatic rings. The summed E-state index contributed by atoms with van der Waals surface area (Å²) in [5, 5.41) is 2.49. The quantitative estimate of drug-likeness (QED) is 0.621. The molecule has 3 aromatic carbocycles. The highest BCUT2D eigenvalue weighted by Gasteiger charge is 2.22. The standard InChI is InChI=1S/C19H14O/c20-19-11-10-17-16(6-3-7-18(17)19)15-9-8-13-4-1-2-5-14(13)12-15/h1-9,12H,10-11H2. The summed E-state index contributed by atoms with van der Waals surface area (Å²) in [5.74, 6) is 0.280. The van der Waals surface area contributed by atoms with Crippen molar-refractivity contribution >= 4 is 16.6 Å². The minimum Gasteiger partial charge on any atom is -0.294 e. The molecule has 1 nitrogen and oxygen atoms in total. The number of hydrogen-bond acceptors (Lipinski definition) is 1. The molecule has 0 fully saturated rings. The van der Waals surface area contributed by atoms with E-state index in [1.54, 1.807) is 0 Å². The normalized spacial score (nSPS) is 13.7. The molecular weight excluding hydrogens is 244 g/mol. The van der Waals surface area contributed by atoms with Crippen LogP contribution in [0.25, 0.3) is 21.9 Å². The number of fused-ring (bicyclic) bond motifs is 2. The van der Waals surface area contributed by atoms with Gasteiger partial charge in [-0.1, -0.05) is 54.6 Å². The van der Waals surface area contributed by atoms with E-state index < -0.39 is 0 Å². The lowest BCUT2D eigenvalue weighted by Gasteiger charge is -2.09. The molecule has 0 radical (unpaired) electrons. The second-order valence-electron chi connectivity index (χ2n) is 5.32. The van der Waals surface area contributed by atoms with Crippen LogP contribution in [0.2, 0.25) is 0 Å². The third kappa shape index (κ3) is 1.67. The number of benzene rings is 3. The lowest BCUT2D eigenvalue weighted by Crippen LogP contribution is -1.92. The van der Waals surface area contributed by atoms with Crippen molar-refractivity contribution in [1.29, 1.82) is 0 Å². The molecule has 4 rings (SSSR count). The van der Waals surface area contributed by atoms with Crippen LogP contribution in [0.15, 0.2) is 60.7 Å². The molecule has 96 valence electrons. The summed E-state index contributed by atoms with van der Waals surface area (Å²) < 4.78 is 0. The Bertz CT molecular complexity index is 830. The highest BCUT2D eigenvalue weighted by Crippen LogP contribution is 2.33. The molecule has 20 heavy (non-hydrogen) atoms. The summed E-state index contributed by atoms with van der Waals surface area (Å²) in [6.07, 6.45) is 1.52. The molecule has 0 aliphatic heterocycles. The van der Waals surface area contributed by atoms with Crippen LogP contribution in [0.3, 0.4) is 0 Å². The van der Waals surface area contributed by atoms with Gasteiger partial charge in [-0.05, 0) is 39.9 Å². The van der Waals surface area contributed by atoms with Crippen LogP contribution in [0, 0.1) is 0 Å². The van der Waals surface area contributed by atoms with Crippen molar-refractivity contribution in [3.63, 3.8) is 0 Å². The van der Waals surface area contributed by atoms with Gasteiger partial charge in [-0.25, -0.2) is 0 Å². The minimum absolute atomic E-state index is 0.280. The van der Waals surface area contributed by atoms with Gasteiger partial charge in [-0.3, -0.25) is 4.79 Å². The monoisotopic (exact) mass is 258 g/mol. The van der Waals surface area contributed by atoms with Crippen LogP contribution < -0.4 is 0 Å². The number of hydrogen-bond donors (Lipinski definition) is 0. The van der Waals surface area contributed by atoms with Gasteiger partial charge in [-0.15, -0.1) is 0 Å². The van der Waals surface area contributed by atoms with E-state index in [2.05, 4.69) is 48.5 Å². The first-order chi connectivity index (χ1) is 9.83. The molecule has 0 saturated heterocycles. The van der Waals surface area contributed by atoms with Crippen LogP contribution in [0.5, 0.6) is 0 Å². The molecule has 0 spiro atoms. The molecule has 0 saturated carbocycles.